The normalized spacial score (nSPS) is 10.8. The van der Waals surface area contributed by atoms with Crippen molar-refractivity contribution in [1.82, 2.24) is 15.8 Å². The van der Waals surface area contributed by atoms with Crippen molar-refractivity contribution >= 4 is 23.4 Å². The van der Waals surface area contributed by atoms with E-state index < -0.39 is 42.7 Å². The summed E-state index contributed by atoms with van der Waals surface area (Å²) in [6, 6.07) is 6.97. The molecule has 148 valence electrons. The van der Waals surface area contributed by atoms with Gasteiger partial charge in [-0.15, -0.1) is 0 Å². The van der Waals surface area contributed by atoms with Crippen LogP contribution in [-0.4, -0.2) is 35.9 Å². The number of rotatable bonds is 6. The number of amides is 3. The molecule has 2 rings (SSSR count). The molecule has 0 aliphatic carbocycles. The molecule has 0 atom stereocenters. The summed E-state index contributed by atoms with van der Waals surface area (Å²) in [7, 11) is 0. The van der Waals surface area contributed by atoms with Crippen molar-refractivity contribution in [2.45, 2.75) is 6.18 Å². The fraction of sp³-hybridized carbons (Fsp3) is 0.176. The maximum atomic E-state index is 12.6. The number of carbonyl (C=O) groups is 3. The van der Waals surface area contributed by atoms with Crippen LogP contribution >= 0.6 is 0 Å². The van der Waals surface area contributed by atoms with Crippen LogP contribution in [0.15, 0.2) is 48.8 Å². The Labute approximate surface area is 157 Å². The molecule has 8 nitrogen and oxygen atoms in total. The zero-order valence-corrected chi connectivity index (χ0v) is 14.2. The second kappa shape index (κ2) is 9.46. The van der Waals surface area contributed by atoms with Crippen LogP contribution in [0.1, 0.15) is 15.9 Å². The highest BCUT2D eigenvalue weighted by molar-refractivity contribution is 5.95. The van der Waals surface area contributed by atoms with Gasteiger partial charge in [-0.25, -0.2) is 0 Å². The van der Waals surface area contributed by atoms with E-state index in [4.69, 9.17) is 4.74 Å². The number of pyridine rings is 1. The first-order valence-electron chi connectivity index (χ1n) is 7.80. The van der Waals surface area contributed by atoms with Crippen molar-refractivity contribution in [2.75, 3.05) is 18.5 Å². The van der Waals surface area contributed by atoms with E-state index >= 15 is 0 Å². The molecule has 0 radical (unpaired) electrons. The quantitative estimate of drug-likeness (QED) is 0.642. The number of alkyl halides is 3. The molecule has 2 aromatic rings. The molecule has 0 spiro atoms. The first-order valence-corrected chi connectivity index (χ1v) is 7.80. The van der Waals surface area contributed by atoms with Crippen LogP contribution in [0.4, 0.5) is 18.9 Å². The topological polar surface area (TPSA) is 109 Å². The molecule has 1 aromatic heterocycles. The summed E-state index contributed by atoms with van der Waals surface area (Å²) in [5.74, 6) is -2.04. The summed E-state index contributed by atoms with van der Waals surface area (Å²) in [4.78, 5) is 38.7. The second-order valence-corrected chi connectivity index (χ2v) is 5.36. The van der Waals surface area contributed by atoms with Gasteiger partial charge in [0.15, 0.2) is 0 Å². The molecule has 0 saturated heterocycles. The van der Waals surface area contributed by atoms with E-state index in [1.54, 1.807) is 0 Å². The predicted octanol–water partition coefficient (Wildman–Crippen LogP) is 1.52. The van der Waals surface area contributed by atoms with Gasteiger partial charge in [-0.3, -0.25) is 30.2 Å². The summed E-state index contributed by atoms with van der Waals surface area (Å²) in [6.07, 6.45) is -1.72. The Morgan fingerprint density at radius 3 is 2.32 bits per heavy atom. The molecule has 0 aliphatic heterocycles. The van der Waals surface area contributed by atoms with Gasteiger partial charge in [-0.2, -0.15) is 13.2 Å². The van der Waals surface area contributed by atoms with Crippen molar-refractivity contribution < 1.29 is 32.3 Å². The summed E-state index contributed by atoms with van der Waals surface area (Å²) in [6.45, 7) is -1.12. The molecule has 28 heavy (non-hydrogen) atoms. The molecular weight excluding hydrogens is 381 g/mol. The first kappa shape index (κ1) is 20.8. The Morgan fingerprint density at radius 1 is 0.964 bits per heavy atom. The van der Waals surface area contributed by atoms with E-state index in [9.17, 15) is 27.6 Å². The summed E-state index contributed by atoms with van der Waals surface area (Å²) in [5.41, 5.74) is 3.54. The molecule has 3 amide bonds. The number of hydrogen-bond donors (Lipinski definition) is 3. The van der Waals surface area contributed by atoms with Crippen molar-refractivity contribution in [3.8, 4) is 0 Å². The van der Waals surface area contributed by atoms with Gasteiger partial charge in [0.25, 0.3) is 11.8 Å². The Hall–Kier alpha value is -3.47. The molecule has 3 N–H and O–H groups in total. The lowest BCUT2D eigenvalue weighted by Crippen LogP contribution is -2.43. The third kappa shape index (κ3) is 6.68. The van der Waals surface area contributed by atoms with Gasteiger partial charge in [-0.1, -0.05) is 6.07 Å². The molecule has 0 bridgehead atoms. The number of benzene rings is 1. The Kier molecular flexibility index (Phi) is 7.04. The maximum Gasteiger partial charge on any atom is 0.416 e. The molecule has 0 fully saturated rings. The highest BCUT2D eigenvalue weighted by atomic mass is 19.4. The largest absolute Gasteiger partial charge is 0.416 e. The number of hydrazine groups is 1. The van der Waals surface area contributed by atoms with E-state index in [0.717, 1.165) is 18.2 Å². The average molecular weight is 396 g/mol. The number of ether oxygens (including phenoxy) is 1. The van der Waals surface area contributed by atoms with Crippen LogP contribution in [0, 0.1) is 0 Å². The number of aromatic nitrogens is 1. The van der Waals surface area contributed by atoms with Crippen LogP contribution in [-0.2, 0) is 20.5 Å². The summed E-state index contributed by atoms with van der Waals surface area (Å²) < 4.78 is 42.7. The van der Waals surface area contributed by atoms with Crippen LogP contribution in [0.3, 0.4) is 0 Å². The number of nitrogens with one attached hydrogen (secondary N) is 3. The van der Waals surface area contributed by atoms with Gasteiger partial charge in [-0.05, 0) is 30.3 Å². The molecule has 1 heterocycles. The number of anilines is 1. The zero-order chi connectivity index (χ0) is 20.6. The lowest BCUT2D eigenvalue weighted by Gasteiger charge is -2.10. The van der Waals surface area contributed by atoms with Gasteiger partial charge >= 0.3 is 6.18 Å². The minimum absolute atomic E-state index is 0.0579. The van der Waals surface area contributed by atoms with E-state index in [-0.39, 0.29) is 11.3 Å². The van der Waals surface area contributed by atoms with Gasteiger partial charge in [0.05, 0.1) is 5.56 Å². The minimum atomic E-state index is -4.53. The third-order valence-electron chi connectivity index (χ3n) is 3.20. The SMILES string of the molecule is O=C(COCC(=O)Nc1cccc(C(F)(F)F)c1)NNC(=O)c1ccncc1. The maximum absolute atomic E-state index is 12.6. The average Bonchev–Trinajstić information content (AvgIpc) is 2.66. The fourth-order valence-electron chi connectivity index (χ4n) is 1.94. The van der Waals surface area contributed by atoms with Crippen molar-refractivity contribution in [2.24, 2.45) is 0 Å². The van der Waals surface area contributed by atoms with Gasteiger partial charge in [0, 0.05) is 23.6 Å². The first-order chi connectivity index (χ1) is 13.3. The lowest BCUT2D eigenvalue weighted by atomic mass is 10.2. The number of halogens is 3. The Bertz CT molecular complexity index is 844. The Morgan fingerprint density at radius 2 is 1.64 bits per heavy atom. The summed E-state index contributed by atoms with van der Waals surface area (Å²) >= 11 is 0. The number of carbonyl (C=O) groups excluding carboxylic acids is 3. The summed E-state index contributed by atoms with van der Waals surface area (Å²) in [5, 5.41) is 2.23. The zero-order valence-electron chi connectivity index (χ0n) is 14.2. The highest BCUT2D eigenvalue weighted by Crippen LogP contribution is 2.30. The number of hydrogen-bond acceptors (Lipinski definition) is 5. The molecule has 1 aromatic carbocycles. The lowest BCUT2D eigenvalue weighted by molar-refractivity contribution is -0.137. The van der Waals surface area contributed by atoms with Crippen molar-refractivity contribution in [1.29, 1.82) is 0 Å². The van der Waals surface area contributed by atoms with Crippen LogP contribution in [0.5, 0.6) is 0 Å². The van der Waals surface area contributed by atoms with Crippen LogP contribution < -0.4 is 16.2 Å². The number of nitrogens with zero attached hydrogens (tertiary/aromatic N) is 1. The highest BCUT2D eigenvalue weighted by Gasteiger charge is 2.30. The van der Waals surface area contributed by atoms with Crippen molar-refractivity contribution in [3.63, 3.8) is 0 Å². The fourth-order valence-corrected chi connectivity index (χ4v) is 1.94. The second-order valence-electron chi connectivity index (χ2n) is 5.36. The molecule has 0 unspecified atom stereocenters. The monoisotopic (exact) mass is 396 g/mol. The van der Waals surface area contributed by atoms with E-state index in [1.807, 2.05) is 0 Å². The van der Waals surface area contributed by atoms with Gasteiger partial charge < -0.3 is 10.1 Å². The standard InChI is InChI=1S/C17H15F3N4O4/c18-17(19,20)12-2-1-3-13(8-12)22-14(25)9-28-10-15(26)23-24-16(27)11-4-6-21-7-5-11/h1-8H,9-10H2,(H,22,25)(H,23,26)(H,24,27). The third-order valence-corrected chi connectivity index (χ3v) is 3.20. The molecular formula is C17H15F3N4O4. The predicted molar refractivity (Wildman–Crippen MR) is 90.7 cm³/mol. The Balaban J connectivity index is 1.70. The van der Waals surface area contributed by atoms with Crippen LogP contribution in [0.2, 0.25) is 0 Å². The van der Waals surface area contributed by atoms with E-state index in [1.165, 1.54) is 30.6 Å². The van der Waals surface area contributed by atoms with Crippen molar-refractivity contribution in [3.05, 3.63) is 59.9 Å². The molecule has 0 aliphatic rings. The van der Waals surface area contributed by atoms with Gasteiger partial charge in [0.2, 0.25) is 5.91 Å². The van der Waals surface area contributed by atoms with Gasteiger partial charge in [0.1, 0.15) is 13.2 Å². The smallest absolute Gasteiger partial charge is 0.362 e. The molecule has 0 saturated carbocycles. The van der Waals surface area contributed by atoms with Crippen LogP contribution in [0.25, 0.3) is 0 Å². The molecule has 11 heteroatoms. The minimum Gasteiger partial charge on any atom is -0.362 e. The van der Waals surface area contributed by atoms with E-state index in [0.29, 0.717) is 0 Å². The van der Waals surface area contributed by atoms with E-state index in [2.05, 4.69) is 21.2 Å².